The zero-order valence-electron chi connectivity index (χ0n) is 31.0. The van der Waals surface area contributed by atoms with E-state index in [0.29, 0.717) is 24.3 Å². The summed E-state index contributed by atoms with van der Waals surface area (Å²) in [5.74, 6) is -2.25. The highest BCUT2D eigenvalue weighted by Gasteiger charge is 2.42. The monoisotopic (exact) mass is 739 g/mol. The topological polar surface area (TPSA) is 186 Å². The molecule has 1 saturated carbocycles. The Morgan fingerprint density at radius 2 is 1.65 bits per heavy atom. The molecule has 2 aliphatic rings. The number of hydrogen-bond donors (Lipinski definition) is 7. The number of rotatable bonds is 16. The van der Waals surface area contributed by atoms with E-state index in [9.17, 15) is 29.7 Å². The number of hydrogen-bond acceptors (Lipinski definition) is 8. The smallest absolute Gasteiger partial charge is 0.258 e. The molecule has 4 aromatic rings. The fraction of sp³-hybridized carbons (Fsp3) is 0.476. The van der Waals surface area contributed by atoms with Crippen LogP contribution in [0, 0.1) is 17.8 Å². The molecule has 0 aliphatic heterocycles. The van der Waals surface area contributed by atoms with Crippen LogP contribution in [-0.2, 0) is 27.2 Å². The Bertz CT molecular complexity index is 1860. The van der Waals surface area contributed by atoms with Gasteiger partial charge in [-0.25, -0.2) is 4.98 Å². The number of aliphatic hydroxyl groups excluding tert-OH is 3. The minimum atomic E-state index is -1.54. The summed E-state index contributed by atoms with van der Waals surface area (Å²) in [6, 6.07) is 18.2. The summed E-state index contributed by atoms with van der Waals surface area (Å²) in [6.07, 6.45) is 5.08. The molecule has 6 rings (SSSR count). The van der Waals surface area contributed by atoms with Gasteiger partial charge >= 0.3 is 0 Å². The van der Waals surface area contributed by atoms with Crippen molar-refractivity contribution < 1.29 is 34.4 Å². The maximum Gasteiger partial charge on any atom is 0.258 e. The average molecular weight is 740 g/mol. The number of H-pyrrole nitrogens is 1. The molecule has 7 atom stereocenters. The zero-order valence-corrected chi connectivity index (χ0v) is 31.0. The van der Waals surface area contributed by atoms with Crippen molar-refractivity contribution in [2.24, 2.45) is 17.8 Å². The van der Waals surface area contributed by atoms with Crippen molar-refractivity contribution in [3.63, 3.8) is 0 Å². The van der Waals surface area contributed by atoms with Gasteiger partial charge in [-0.1, -0.05) is 107 Å². The fourth-order valence-electron chi connectivity index (χ4n) is 8.18. The number of benzene rings is 3. The summed E-state index contributed by atoms with van der Waals surface area (Å²) >= 11 is 0. The molecular weight excluding hydrogens is 686 g/mol. The van der Waals surface area contributed by atoms with Gasteiger partial charge in [0, 0.05) is 30.1 Å². The molecule has 12 heteroatoms. The Balaban J connectivity index is 1.18. The molecule has 0 spiro atoms. The third-order valence-corrected chi connectivity index (χ3v) is 11.0. The first-order chi connectivity index (χ1) is 26.1. The van der Waals surface area contributed by atoms with Crippen LogP contribution in [0.3, 0.4) is 0 Å². The van der Waals surface area contributed by atoms with Crippen LogP contribution in [0.4, 0.5) is 0 Å². The number of carbonyl (C=O) groups is 3. The maximum atomic E-state index is 14.2. The van der Waals surface area contributed by atoms with E-state index < -0.39 is 60.1 Å². The lowest BCUT2D eigenvalue weighted by Crippen LogP contribution is -2.58. The number of imidazole rings is 1. The SMILES string of the molecule is CC(C)[C@@H](C(=O)NC1c2ccccc2C[C@H]1O)[C@@H](O)[C@H](O)C(CC1CCCCC1)NC(=O)[C@H](Cc1cnc[nH]1)NC(=O)COc1cccc2ccccc12. The van der Waals surface area contributed by atoms with Crippen LogP contribution >= 0.6 is 0 Å². The first-order valence-corrected chi connectivity index (χ1v) is 19.2. The molecule has 0 radical (unpaired) electrons. The summed E-state index contributed by atoms with van der Waals surface area (Å²) in [5.41, 5.74) is 2.39. The molecule has 1 aromatic heterocycles. The van der Waals surface area contributed by atoms with E-state index in [-0.39, 0.29) is 24.9 Å². The summed E-state index contributed by atoms with van der Waals surface area (Å²) in [4.78, 5) is 48.4. The molecule has 7 N–H and O–H groups in total. The lowest BCUT2D eigenvalue weighted by Gasteiger charge is -2.36. The second kappa shape index (κ2) is 18.0. The van der Waals surface area contributed by atoms with Gasteiger partial charge in [0.1, 0.15) is 17.9 Å². The van der Waals surface area contributed by atoms with Crippen LogP contribution in [0.1, 0.15) is 75.2 Å². The minimum Gasteiger partial charge on any atom is -0.483 e. The first kappa shape index (κ1) is 38.9. The number of aliphatic hydroxyl groups is 3. The van der Waals surface area contributed by atoms with Crippen molar-refractivity contribution in [1.29, 1.82) is 0 Å². The summed E-state index contributed by atoms with van der Waals surface area (Å²) in [5, 5.41) is 45.1. The quantitative estimate of drug-likeness (QED) is 0.0903. The van der Waals surface area contributed by atoms with E-state index in [0.717, 1.165) is 54.0 Å². The summed E-state index contributed by atoms with van der Waals surface area (Å²) < 4.78 is 5.90. The molecule has 288 valence electrons. The fourth-order valence-corrected chi connectivity index (χ4v) is 8.18. The Morgan fingerprint density at radius 3 is 2.41 bits per heavy atom. The Kier molecular flexibility index (Phi) is 13.0. The number of carbonyl (C=O) groups excluding carboxylic acids is 3. The summed E-state index contributed by atoms with van der Waals surface area (Å²) in [7, 11) is 0. The second-order valence-electron chi connectivity index (χ2n) is 15.2. The molecule has 2 aliphatic carbocycles. The standard InChI is InChI=1S/C42H53N5O7/c1-25(2)37(42(53)47-38-31-17-9-7-14-28(31)20-34(38)48)40(51)39(50)32(19-26-11-4-3-5-12-26)46-41(52)33(21-29-22-43-24-44-29)45-36(49)23-54-35-18-10-15-27-13-6-8-16-30(27)35/h6-10,13-18,22,24-26,32-34,37-40,48,50-51H,3-5,11-12,19-21,23H2,1-2H3,(H,43,44)(H,45,49)(H,46,52)(H,47,53)/t32?,33-,34+,37+,38?,39+,40+/m0/s1. The number of nitrogens with one attached hydrogen (secondary N) is 4. The molecule has 1 fully saturated rings. The van der Waals surface area contributed by atoms with Gasteiger partial charge in [-0.2, -0.15) is 0 Å². The third kappa shape index (κ3) is 9.47. The molecule has 2 unspecified atom stereocenters. The van der Waals surface area contributed by atoms with Gasteiger partial charge in [-0.3, -0.25) is 14.4 Å². The minimum absolute atomic E-state index is 0.0862. The molecule has 3 amide bonds. The maximum absolute atomic E-state index is 14.2. The van der Waals surface area contributed by atoms with E-state index in [2.05, 4.69) is 25.9 Å². The number of amides is 3. The van der Waals surface area contributed by atoms with Gasteiger partial charge in [0.15, 0.2) is 6.61 Å². The molecule has 0 bridgehead atoms. The van der Waals surface area contributed by atoms with Gasteiger partial charge in [-0.05, 0) is 40.8 Å². The second-order valence-corrected chi connectivity index (χ2v) is 15.2. The molecule has 0 saturated heterocycles. The number of aromatic amines is 1. The lowest BCUT2D eigenvalue weighted by atomic mass is 9.79. The normalized spacial score (nSPS) is 20.0. The van der Waals surface area contributed by atoms with Gasteiger partial charge < -0.3 is 41.0 Å². The Labute approximate surface area is 316 Å². The van der Waals surface area contributed by atoms with Gasteiger partial charge in [0.2, 0.25) is 11.8 Å². The van der Waals surface area contributed by atoms with E-state index >= 15 is 0 Å². The molecular formula is C42H53N5O7. The van der Waals surface area contributed by atoms with Crippen LogP contribution in [0.5, 0.6) is 5.75 Å². The number of fused-ring (bicyclic) bond motifs is 2. The average Bonchev–Trinajstić information content (AvgIpc) is 3.80. The third-order valence-electron chi connectivity index (χ3n) is 11.0. The van der Waals surface area contributed by atoms with Crippen LogP contribution in [0.2, 0.25) is 0 Å². The van der Waals surface area contributed by atoms with Crippen LogP contribution in [0.15, 0.2) is 79.3 Å². The predicted molar refractivity (Wildman–Crippen MR) is 204 cm³/mol. The zero-order chi connectivity index (χ0) is 38.2. The van der Waals surface area contributed by atoms with Crippen molar-refractivity contribution in [2.75, 3.05) is 6.61 Å². The van der Waals surface area contributed by atoms with Crippen molar-refractivity contribution in [2.45, 2.75) is 102 Å². The van der Waals surface area contributed by atoms with E-state index in [4.69, 9.17) is 4.74 Å². The van der Waals surface area contributed by atoms with Crippen molar-refractivity contribution in [3.8, 4) is 5.75 Å². The van der Waals surface area contributed by atoms with Gasteiger partial charge in [0.05, 0.1) is 36.5 Å². The highest BCUT2D eigenvalue weighted by molar-refractivity contribution is 5.90. The van der Waals surface area contributed by atoms with Crippen LogP contribution in [-0.4, -0.2) is 80.0 Å². The van der Waals surface area contributed by atoms with Crippen molar-refractivity contribution in [1.82, 2.24) is 25.9 Å². The van der Waals surface area contributed by atoms with E-state index in [1.807, 2.05) is 60.7 Å². The van der Waals surface area contributed by atoms with E-state index in [1.165, 1.54) is 6.33 Å². The van der Waals surface area contributed by atoms with Crippen LogP contribution < -0.4 is 20.7 Å². The van der Waals surface area contributed by atoms with Crippen LogP contribution in [0.25, 0.3) is 10.8 Å². The van der Waals surface area contributed by atoms with Gasteiger partial charge in [0.25, 0.3) is 5.91 Å². The highest BCUT2D eigenvalue weighted by Crippen LogP contribution is 2.34. The molecule has 3 aromatic carbocycles. The van der Waals surface area contributed by atoms with Crippen molar-refractivity contribution >= 4 is 28.5 Å². The Hall–Kier alpha value is -4.78. The number of aromatic nitrogens is 2. The summed E-state index contributed by atoms with van der Waals surface area (Å²) in [6.45, 7) is 3.26. The number of nitrogens with zero attached hydrogens (tertiary/aromatic N) is 1. The molecule has 1 heterocycles. The largest absolute Gasteiger partial charge is 0.483 e. The predicted octanol–water partition coefficient (Wildman–Crippen LogP) is 3.89. The number of ether oxygens (including phenoxy) is 1. The highest BCUT2D eigenvalue weighted by atomic mass is 16.5. The molecule has 12 nitrogen and oxygen atoms in total. The lowest BCUT2D eigenvalue weighted by molar-refractivity contribution is -0.139. The molecule has 54 heavy (non-hydrogen) atoms. The Morgan fingerprint density at radius 1 is 0.907 bits per heavy atom. The van der Waals surface area contributed by atoms with E-state index in [1.54, 1.807) is 26.1 Å². The van der Waals surface area contributed by atoms with Crippen molar-refractivity contribution in [3.05, 3.63) is 96.1 Å². The van der Waals surface area contributed by atoms with Gasteiger partial charge in [-0.15, -0.1) is 0 Å². The first-order valence-electron chi connectivity index (χ1n) is 19.2.